The van der Waals surface area contributed by atoms with Crippen LogP contribution in [-0.2, 0) is 14.9 Å². The van der Waals surface area contributed by atoms with Gasteiger partial charge in [0.25, 0.3) is 0 Å². The molecule has 0 saturated heterocycles. The number of methoxy groups -OCH3 is 1. The van der Waals surface area contributed by atoms with E-state index in [0.29, 0.717) is 0 Å². The minimum Gasteiger partial charge on any atom is -0.465 e. The first-order valence-electron chi connectivity index (χ1n) is 4.86. The molecular formula is C10H13ClN2O4S. The highest BCUT2D eigenvalue weighted by Gasteiger charge is 2.15. The van der Waals surface area contributed by atoms with E-state index in [1.807, 2.05) is 0 Å². The summed E-state index contributed by atoms with van der Waals surface area (Å²) < 4.78 is 31.0. The lowest BCUT2D eigenvalue weighted by Gasteiger charge is -2.14. The predicted molar refractivity (Wildman–Crippen MR) is 69.0 cm³/mol. The van der Waals surface area contributed by atoms with E-state index < -0.39 is 16.2 Å². The van der Waals surface area contributed by atoms with Gasteiger partial charge >= 0.3 is 16.2 Å². The number of benzene rings is 1. The second kappa shape index (κ2) is 5.55. The summed E-state index contributed by atoms with van der Waals surface area (Å²) in [4.78, 5) is 11.3. The molecule has 0 unspecified atom stereocenters. The van der Waals surface area contributed by atoms with Gasteiger partial charge in [0, 0.05) is 14.1 Å². The van der Waals surface area contributed by atoms with E-state index in [1.165, 1.54) is 39.4 Å². The summed E-state index contributed by atoms with van der Waals surface area (Å²) in [5.74, 6) is -0.581. The Kier molecular flexibility index (Phi) is 4.55. The van der Waals surface area contributed by atoms with Gasteiger partial charge in [0.2, 0.25) is 0 Å². The van der Waals surface area contributed by atoms with Crippen molar-refractivity contribution in [2.75, 3.05) is 25.9 Å². The molecular weight excluding hydrogens is 280 g/mol. The smallest absolute Gasteiger partial charge is 0.339 e. The average Bonchev–Trinajstić information content (AvgIpc) is 2.27. The number of hydrogen-bond donors (Lipinski definition) is 1. The lowest BCUT2D eigenvalue weighted by atomic mass is 10.2. The van der Waals surface area contributed by atoms with Crippen LogP contribution in [0.4, 0.5) is 5.69 Å². The third kappa shape index (κ3) is 3.34. The first kappa shape index (κ1) is 14.7. The highest BCUT2D eigenvalue weighted by molar-refractivity contribution is 7.90. The lowest BCUT2D eigenvalue weighted by molar-refractivity contribution is 0.0601. The molecule has 18 heavy (non-hydrogen) atoms. The van der Waals surface area contributed by atoms with Gasteiger partial charge in [-0.3, -0.25) is 4.72 Å². The Hall–Kier alpha value is -1.31. The molecule has 0 saturated carbocycles. The molecule has 0 aliphatic carbocycles. The summed E-state index contributed by atoms with van der Waals surface area (Å²) in [7, 11) is 0.430. The normalized spacial score (nSPS) is 11.4. The minimum absolute atomic E-state index is 0.112. The fourth-order valence-electron chi connectivity index (χ4n) is 1.09. The highest BCUT2D eigenvalue weighted by atomic mass is 35.5. The van der Waals surface area contributed by atoms with Gasteiger partial charge in [-0.1, -0.05) is 11.6 Å². The van der Waals surface area contributed by atoms with E-state index in [1.54, 1.807) is 0 Å². The van der Waals surface area contributed by atoms with Gasteiger partial charge in [-0.2, -0.15) is 12.7 Å². The van der Waals surface area contributed by atoms with Gasteiger partial charge in [0.05, 0.1) is 23.4 Å². The number of anilines is 1. The van der Waals surface area contributed by atoms with Crippen LogP contribution in [0, 0.1) is 0 Å². The van der Waals surface area contributed by atoms with Crippen LogP contribution in [0.15, 0.2) is 18.2 Å². The molecule has 0 amide bonds. The van der Waals surface area contributed by atoms with Gasteiger partial charge in [0.1, 0.15) is 0 Å². The van der Waals surface area contributed by atoms with Crippen molar-refractivity contribution >= 4 is 33.5 Å². The van der Waals surface area contributed by atoms with Crippen LogP contribution in [0.25, 0.3) is 0 Å². The zero-order valence-electron chi connectivity index (χ0n) is 10.1. The molecule has 6 nitrogen and oxygen atoms in total. The molecule has 0 heterocycles. The van der Waals surface area contributed by atoms with E-state index in [9.17, 15) is 13.2 Å². The van der Waals surface area contributed by atoms with Crippen LogP contribution >= 0.6 is 11.6 Å². The van der Waals surface area contributed by atoms with E-state index in [2.05, 4.69) is 9.46 Å². The summed E-state index contributed by atoms with van der Waals surface area (Å²) >= 11 is 5.86. The number of rotatable bonds is 4. The SMILES string of the molecule is COC(=O)c1ccc(NS(=O)(=O)N(C)C)cc1Cl. The van der Waals surface area contributed by atoms with Crippen LogP contribution in [0.3, 0.4) is 0 Å². The van der Waals surface area contributed by atoms with Gasteiger partial charge < -0.3 is 4.74 Å². The van der Waals surface area contributed by atoms with Gasteiger partial charge in [-0.15, -0.1) is 0 Å². The largest absolute Gasteiger partial charge is 0.465 e. The number of carbonyl (C=O) groups is 1. The van der Waals surface area contributed by atoms with Crippen molar-refractivity contribution in [3.63, 3.8) is 0 Å². The molecule has 1 N–H and O–H groups in total. The third-order valence-corrected chi connectivity index (χ3v) is 3.87. The maximum Gasteiger partial charge on any atom is 0.339 e. The quantitative estimate of drug-likeness (QED) is 0.850. The van der Waals surface area contributed by atoms with Crippen molar-refractivity contribution in [1.82, 2.24) is 4.31 Å². The number of hydrogen-bond acceptors (Lipinski definition) is 4. The molecule has 0 aliphatic rings. The van der Waals surface area contributed by atoms with E-state index in [-0.39, 0.29) is 16.3 Å². The van der Waals surface area contributed by atoms with Gasteiger partial charge in [-0.05, 0) is 18.2 Å². The summed E-state index contributed by atoms with van der Waals surface area (Å²) in [6.45, 7) is 0. The van der Waals surface area contributed by atoms with Gasteiger partial charge in [-0.25, -0.2) is 4.79 Å². The first-order chi connectivity index (χ1) is 8.27. The Morgan fingerprint density at radius 1 is 1.39 bits per heavy atom. The zero-order valence-corrected chi connectivity index (χ0v) is 11.7. The molecule has 0 bridgehead atoms. The molecule has 0 aliphatic heterocycles. The fourth-order valence-corrected chi connectivity index (χ4v) is 1.96. The molecule has 1 rings (SSSR count). The van der Waals surface area contributed by atoms with Crippen LogP contribution in [0.2, 0.25) is 5.02 Å². The number of ether oxygens (including phenoxy) is 1. The molecule has 0 atom stereocenters. The molecule has 1 aromatic carbocycles. The van der Waals surface area contributed by atoms with Crippen molar-refractivity contribution in [3.8, 4) is 0 Å². The second-order valence-corrected chi connectivity index (χ2v) is 5.87. The molecule has 8 heteroatoms. The van der Waals surface area contributed by atoms with Crippen molar-refractivity contribution in [2.24, 2.45) is 0 Å². The van der Waals surface area contributed by atoms with Crippen molar-refractivity contribution in [3.05, 3.63) is 28.8 Å². The maximum absolute atomic E-state index is 11.6. The maximum atomic E-state index is 11.6. The van der Waals surface area contributed by atoms with Crippen molar-refractivity contribution in [2.45, 2.75) is 0 Å². The molecule has 1 aromatic rings. The highest BCUT2D eigenvalue weighted by Crippen LogP contribution is 2.22. The third-order valence-electron chi connectivity index (χ3n) is 2.10. The molecule has 0 fully saturated rings. The number of carbonyl (C=O) groups excluding carboxylic acids is 1. The fraction of sp³-hybridized carbons (Fsp3) is 0.300. The van der Waals surface area contributed by atoms with E-state index >= 15 is 0 Å². The summed E-state index contributed by atoms with van der Waals surface area (Å²) in [6.07, 6.45) is 0. The zero-order chi connectivity index (χ0) is 13.9. The Balaban J connectivity index is 3.03. The van der Waals surface area contributed by atoms with E-state index in [0.717, 1.165) is 4.31 Å². The Morgan fingerprint density at radius 2 is 2.00 bits per heavy atom. The molecule has 100 valence electrons. The van der Waals surface area contributed by atoms with Crippen molar-refractivity contribution < 1.29 is 17.9 Å². The second-order valence-electron chi connectivity index (χ2n) is 3.58. The van der Waals surface area contributed by atoms with Crippen LogP contribution in [0.5, 0.6) is 0 Å². The molecule has 0 aromatic heterocycles. The van der Waals surface area contributed by atoms with Crippen LogP contribution in [-0.4, -0.2) is 39.9 Å². The van der Waals surface area contributed by atoms with Crippen LogP contribution < -0.4 is 4.72 Å². The monoisotopic (exact) mass is 292 g/mol. The molecule has 0 spiro atoms. The Bertz CT molecular complexity index is 557. The van der Waals surface area contributed by atoms with Crippen LogP contribution in [0.1, 0.15) is 10.4 Å². The minimum atomic E-state index is -3.60. The van der Waals surface area contributed by atoms with Gasteiger partial charge in [0.15, 0.2) is 0 Å². The number of nitrogens with one attached hydrogen (secondary N) is 1. The average molecular weight is 293 g/mol. The van der Waals surface area contributed by atoms with Crippen molar-refractivity contribution in [1.29, 1.82) is 0 Å². The number of nitrogens with zero attached hydrogens (tertiary/aromatic N) is 1. The number of esters is 1. The standard InChI is InChI=1S/C10H13ClN2O4S/c1-13(2)18(15,16)12-7-4-5-8(9(11)6-7)10(14)17-3/h4-6,12H,1-3H3. The lowest BCUT2D eigenvalue weighted by Crippen LogP contribution is -2.28. The Morgan fingerprint density at radius 3 is 2.44 bits per heavy atom. The summed E-state index contributed by atoms with van der Waals surface area (Å²) in [5, 5.41) is 0.112. The Labute approximate surface area is 111 Å². The summed E-state index contributed by atoms with van der Waals surface area (Å²) in [5.41, 5.74) is 0.438. The summed E-state index contributed by atoms with van der Waals surface area (Å²) in [6, 6.07) is 4.16. The molecule has 0 radical (unpaired) electrons. The van der Waals surface area contributed by atoms with E-state index in [4.69, 9.17) is 11.6 Å². The first-order valence-corrected chi connectivity index (χ1v) is 6.68. The predicted octanol–water partition coefficient (Wildman–Crippen LogP) is 1.34. The topological polar surface area (TPSA) is 75.7 Å². The number of halogens is 1.